The van der Waals surface area contributed by atoms with Crippen molar-refractivity contribution in [2.45, 2.75) is 33.8 Å². The zero-order valence-electron chi connectivity index (χ0n) is 14.8. The molecule has 0 saturated heterocycles. The van der Waals surface area contributed by atoms with Crippen molar-refractivity contribution in [2.24, 2.45) is 5.73 Å². The first-order chi connectivity index (χ1) is 12.1. The predicted molar refractivity (Wildman–Crippen MR) is 96.6 cm³/mol. The molecule has 0 fully saturated rings. The van der Waals surface area contributed by atoms with Crippen molar-refractivity contribution >= 4 is 39.9 Å². The van der Waals surface area contributed by atoms with Crippen LogP contribution >= 0.6 is 11.3 Å². The third-order valence-electron chi connectivity index (χ3n) is 3.81. The molecule has 2 rings (SSSR count). The van der Waals surface area contributed by atoms with Crippen LogP contribution in [0.5, 0.6) is 0 Å². The van der Waals surface area contributed by atoms with Gasteiger partial charge in [0.05, 0.1) is 5.56 Å². The summed E-state index contributed by atoms with van der Waals surface area (Å²) in [5.74, 6) is -2.18. The number of H-pyrrole nitrogens is 1. The maximum Gasteiger partial charge on any atom is 0.355 e. The van der Waals surface area contributed by atoms with Gasteiger partial charge in [-0.2, -0.15) is 0 Å². The second-order valence-corrected chi connectivity index (χ2v) is 6.66. The minimum atomic E-state index is -1.12. The Hall–Kier alpha value is -2.94. The topological polar surface area (TPSA) is 131 Å². The number of esters is 1. The van der Waals surface area contributed by atoms with Crippen molar-refractivity contribution in [3.8, 4) is 0 Å². The monoisotopic (exact) mass is 377 g/mol. The number of hydrogen-bond acceptors (Lipinski definition) is 6. The van der Waals surface area contributed by atoms with E-state index >= 15 is 0 Å². The predicted octanol–water partition coefficient (Wildman–Crippen LogP) is 2.18. The number of aromatic nitrogens is 1. The van der Waals surface area contributed by atoms with Gasteiger partial charge >= 0.3 is 5.97 Å². The minimum absolute atomic E-state index is 0.126. The summed E-state index contributed by atoms with van der Waals surface area (Å²) in [6.45, 7) is 6.12. The summed E-state index contributed by atoms with van der Waals surface area (Å²) in [4.78, 5) is 50.3. The molecule has 0 aliphatic rings. The van der Waals surface area contributed by atoms with Gasteiger partial charge in [-0.05, 0) is 44.7 Å². The quantitative estimate of drug-likeness (QED) is 0.524. The fourth-order valence-corrected chi connectivity index (χ4v) is 3.36. The molecule has 9 heteroatoms. The standard InChI is InChI=1S/C17H19N3O5S/c1-7-12(9(3)21)8(2)19-13(7)17(24)25-10(4)15(23)20-16-11(14(18)22)5-6-26-16/h5-6,10,19H,1-4H3,(H2,18,22)(H,20,23)/t10-/m0/s1. The first-order valence-corrected chi connectivity index (χ1v) is 8.60. The average Bonchev–Trinajstić information content (AvgIpc) is 3.11. The molecule has 1 atom stereocenters. The maximum atomic E-state index is 12.3. The van der Waals surface area contributed by atoms with E-state index in [4.69, 9.17) is 10.5 Å². The number of nitrogens with two attached hydrogens (primary N) is 1. The van der Waals surface area contributed by atoms with Gasteiger partial charge in [0.1, 0.15) is 10.7 Å². The molecule has 2 amide bonds. The third-order valence-corrected chi connectivity index (χ3v) is 4.64. The molecule has 0 aliphatic heterocycles. The van der Waals surface area contributed by atoms with Crippen LogP contribution in [0, 0.1) is 13.8 Å². The van der Waals surface area contributed by atoms with E-state index in [1.807, 2.05) is 0 Å². The van der Waals surface area contributed by atoms with Gasteiger partial charge in [0.25, 0.3) is 11.8 Å². The van der Waals surface area contributed by atoms with E-state index in [2.05, 4.69) is 10.3 Å². The zero-order chi connectivity index (χ0) is 19.6. The molecular formula is C17H19N3O5S. The smallest absolute Gasteiger partial charge is 0.355 e. The van der Waals surface area contributed by atoms with E-state index in [1.165, 1.54) is 19.9 Å². The highest BCUT2D eigenvalue weighted by molar-refractivity contribution is 7.14. The number of carbonyl (C=O) groups excluding carboxylic acids is 4. The average molecular weight is 377 g/mol. The Kier molecular flexibility index (Phi) is 5.61. The fraction of sp³-hybridized carbons (Fsp3) is 0.294. The van der Waals surface area contributed by atoms with Crippen molar-refractivity contribution < 1.29 is 23.9 Å². The van der Waals surface area contributed by atoms with Gasteiger partial charge < -0.3 is 20.8 Å². The Morgan fingerprint density at radius 2 is 1.92 bits per heavy atom. The highest BCUT2D eigenvalue weighted by Gasteiger charge is 2.25. The second-order valence-electron chi connectivity index (χ2n) is 5.75. The maximum absolute atomic E-state index is 12.3. The molecule has 0 saturated carbocycles. The van der Waals surface area contributed by atoms with Crippen molar-refractivity contribution in [3.63, 3.8) is 0 Å². The molecule has 4 N–H and O–H groups in total. The molecule has 0 bridgehead atoms. The molecule has 2 aromatic heterocycles. The molecular weight excluding hydrogens is 358 g/mol. The van der Waals surface area contributed by atoms with Gasteiger partial charge in [0.15, 0.2) is 11.9 Å². The summed E-state index contributed by atoms with van der Waals surface area (Å²) >= 11 is 1.13. The number of ether oxygens (including phenoxy) is 1. The Bertz CT molecular complexity index is 896. The largest absolute Gasteiger partial charge is 0.448 e. The van der Waals surface area contributed by atoms with Gasteiger partial charge in [-0.1, -0.05) is 0 Å². The van der Waals surface area contributed by atoms with Gasteiger partial charge in [-0.3, -0.25) is 14.4 Å². The van der Waals surface area contributed by atoms with Crippen LogP contribution in [0.15, 0.2) is 11.4 Å². The number of aryl methyl sites for hydroxylation is 1. The van der Waals surface area contributed by atoms with E-state index < -0.39 is 23.9 Å². The SMILES string of the molecule is CC(=O)c1c(C)[nH]c(C(=O)O[C@@H](C)C(=O)Nc2sccc2C(N)=O)c1C. The second kappa shape index (κ2) is 7.52. The van der Waals surface area contributed by atoms with E-state index in [9.17, 15) is 19.2 Å². The number of ketones is 1. The van der Waals surface area contributed by atoms with E-state index in [-0.39, 0.29) is 22.0 Å². The van der Waals surface area contributed by atoms with E-state index in [1.54, 1.807) is 19.2 Å². The number of hydrogen-bond donors (Lipinski definition) is 3. The van der Waals surface area contributed by atoms with Gasteiger partial charge in [-0.15, -0.1) is 11.3 Å². The molecule has 0 spiro atoms. The van der Waals surface area contributed by atoms with Gasteiger partial charge in [0, 0.05) is 11.3 Å². The van der Waals surface area contributed by atoms with Crippen molar-refractivity contribution in [1.29, 1.82) is 0 Å². The first-order valence-electron chi connectivity index (χ1n) is 7.72. The summed E-state index contributed by atoms with van der Waals surface area (Å²) < 4.78 is 5.17. The van der Waals surface area contributed by atoms with Crippen LogP contribution in [0.1, 0.15) is 56.3 Å². The molecule has 0 radical (unpaired) electrons. The number of rotatable bonds is 6. The Labute approximate surface area is 153 Å². The molecule has 138 valence electrons. The summed E-state index contributed by atoms with van der Waals surface area (Å²) in [5.41, 5.74) is 7.00. The summed E-state index contributed by atoms with van der Waals surface area (Å²) in [5, 5.41) is 4.42. The number of thiophene rings is 1. The van der Waals surface area contributed by atoms with Crippen LogP contribution in [-0.2, 0) is 9.53 Å². The first kappa shape index (κ1) is 19.4. The summed E-state index contributed by atoms with van der Waals surface area (Å²) in [6.07, 6.45) is -1.12. The van der Waals surface area contributed by atoms with E-state index in [0.717, 1.165) is 11.3 Å². The molecule has 2 aromatic rings. The van der Waals surface area contributed by atoms with Crippen LogP contribution in [0.3, 0.4) is 0 Å². The van der Waals surface area contributed by atoms with Crippen molar-refractivity contribution in [1.82, 2.24) is 4.98 Å². The molecule has 8 nitrogen and oxygen atoms in total. The van der Waals surface area contributed by atoms with Crippen LogP contribution in [0.25, 0.3) is 0 Å². The minimum Gasteiger partial charge on any atom is -0.448 e. The highest BCUT2D eigenvalue weighted by atomic mass is 32.1. The van der Waals surface area contributed by atoms with Crippen LogP contribution in [0.4, 0.5) is 5.00 Å². The lowest BCUT2D eigenvalue weighted by Crippen LogP contribution is -2.30. The van der Waals surface area contributed by atoms with Crippen LogP contribution in [-0.4, -0.2) is 34.7 Å². The van der Waals surface area contributed by atoms with Crippen molar-refractivity contribution in [3.05, 3.63) is 39.5 Å². The summed E-state index contributed by atoms with van der Waals surface area (Å²) in [7, 11) is 0. The zero-order valence-corrected chi connectivity index (χ0v) is 15.6. The number of aromatic amines is 1. The highest BCUT2D eigenvalue weighted by Crippen LogP contribution is 2.23. The van der Waals surface area contributed by atoms with Crippen LogP contribution < -0.4 is 11.1 Å². The molecule has 2 heterocycles. The Morgan fingerprint density at radius 3 is 2.46 bits per heavy atom. The number of anilines is 1. The molecule has 0 aliphatic carbocycles. The molecule has 26 heavy (non-hydrogen) atoms. The molecule has 0 aromatic carbocycles. The molecule has 0 unspecified atom stereocenters. The number of carbonyl (C=O) groups is 4. The normalized spacial score (nSPS) is 11.7. The fourth-order valence-electron chi connectivity index (χ4n) is 2.57. The van der Waals surface area contributed by atoms with Crippen molar-refractivity contribution in [2.75, 3.05) is 5.32 Å². The lowest BCUT2D eigenvalue weighted by atomic mass is 10.1. The number of Topliss-reactive ketones (excluding diaryl/α,β-unsaturated/α-hetero) is 1. The number of primary amides is 1. The van der Waals surface area contributed by atoms with Gasteiger partial charge in [-0.25, -0.2) is 4.79 Å². The lowest BCUT2D eigenvalue weighted by Gasteiger charge is -2.13. The Balaban J connectivity index is 2.10. The number of nitrogens with one attached hydrogen (secondary N) is 2. The summed E-state index contributed by atoms with van der Waals surface area (Å²) in [6, 6.07) is 1.49. The van der Waals surface area contributed by atoms with E-state index in [0.29, 0.717) is 16.8 Å². The van der Waals surface area contributed by atoms with Gasteiger partial charge in [0.2, 0.25) is 0 Å². The third kappa shape index (κ3) is 3.83. The van der Waals surface area contributed by atoms with Crippen LogP contribution in [0.2, 0.25) is 0 Å². The Morgan fingerprint density at radius 1 is 1.27 bits per heavy atom. The number of amides is 2. The lowest BCUT2D eigenvalue weighted by molar-refractivity contribution is -0.123.